The van der Waals surface area contributed by atoms with Gasteiger partial charge >= 0.3 is 0 Å². The van der Waals surface area contributed by atoms with Crippen LogP contribution in [-0.4, -0.2) is 16.5 Å². The zero-order valence-electron chi connectivity index (χ0n) is 10.1. The summed E-state index contributed by atoms with van der Waals surface area (Å²) in [6, 6.07) is 8.40. The summed E-state index contributed by atoms with van der Waals surface area (Å²) >= 11 is 1.75. The Morgan fingerprint density at radius 1 is 1.17 bits per heavy atom. The van der Waals surface area contributed by atoms with Gasteiger partial charge < -0.3 is 5.32 Å². The van der Waals surface area contributed by atoms with Gasteiger partial charge in [0, 0.05) is 40.2 Å². The van der Waals surface area contributed by atoms with Crippen molar-refractivity contribution in [3.05, 3.63) is 42.0 Å². The molecule has 0 bridgehead atoms. The van der Waals surface area contributed by atoms with Crippen molar-refractivity contribution in [1.82, 2.24) is 9.97 Å². The number of aromatic nitrogens is 2. The SMILES string of the molecule is CCNc1ncc(-c2csc3ccccc23)cn1. The number of thiophene rings is 1. The Labute approximate surface area is 110 Å². The summed E-state index contributed by atoms with van der Waals surface area (Å²) in [5.74, 6) is 0.681. The zero-order valence-corrected chi connectivity index (χ0v) is 10.9. The minimum atomic E-state index is 0.681. The number of fused-ring (bicyclic) bond motifs is 1. The molecule has 2 aromatic heterocycles. The van der Waals surface area contributed by atoms with Gasteiger partial charge in [-0.3, -0.25) is 0 Å². The van der Waals surface area contributed by atoms with E-state index in [-0.39, 0.29) is 0 Å². The normalized spacial score (nSPS) is 10.7. The van der Waals surface area contributed by atoms with Gasteiger partial charge in [0.15, 0.2) is 0 Å². The molecule has 3 rings (SSSR count). The summed E-state index contributed by atoms with van der Waals surface area (Å²) in [5.41, 5.74) is 2.27. The third kappa shape index (κ3) is 1.95. The van der Waals surface area contributed by atoms with E-state index in [1.54, 1.807) is 11.3 Å². The van der Waals surface area contributed by atoms with Crippen LogP contribution in [0.3, 0.4) is 0 Å². The fourth-order valence-electron chi connectivity index (χ4n) is 1.92. The van der Waals surface area contributed by atoms with Crippen molar-refractivity contribution >= 4 is 27.4 Å². The van der Waals surface area contributed by atoms with Crippen molar-refractivity contribution in [3.8, 4) is 11.1 Å². The molecule has 0 saturated carbocycles. The number of nitrogens with zero attached hydrogens (tertiary/aromatic N) is 2. The van der Waals surface area contributed by atoms with Crippen molar-refractivity contribution in [3.63, 3.8) is 0 Å². The molecule has 90 valence electrons. The summed E-state index contributed by atoms with van der Waals surface area (Å²) in [4.78, 5) is 8.63. The van der Waals surface area contributed by atoms with Crippen LogP contribution in [0.1, 0.15) is 6.92 Å². The topological polar surface area (TPSA) is 37.8 Å². The predicted octanol–water partition coefficient (Wildman–Crippen LogP) is 3.79. The summed E-state index contributed by atoms with van der Waals surface area (Å²) in [7, 11) is 0. The van der Waals surface area contributed by atoms with Crippen LogP contribution >= 0.6 is 11.3 Å². The van der Waals surface area contributed by atoms with Gasteiger partial charge in [0.05, 0.1) is 0 Å². The number of hydrogen-bond donors (Lipinski definition) is 1. The molecule has 18 heavy (non-hydrogen) atoms. The molecule has 0 unspecified atom stereocenters. The maximum absolute atomic E-state index is 4.31. The van der Waals surface area contributed by atoms with Crippen LogP contribution < -0.4 is 5.32 Å². The fourth-order valence-corrected chi connectivity index (χ4v) is 2.89. The Morgan fingerprint density at radius 3 is 2.72 bits per heavy atom. The smallest absolute Gasteiger partial charge is 0.222 e. The average Bonchev–Trinajstić information content (AvgIpc) is 2.84. The van der Waals surface area contributed by atoms with Crippen LogP contribution in [-0.2, 0) is 0 Å². The van der Waals surface area contributed by atoms with E-state index in [1.165, 1.54) is 15.6 Å². The number of hydrogen-bond acceptors (Lipinski definition) is 4. The number of nitrogens with one attached hydrogen (secondary N) is 1. The second-order valence-electron chi connectivity index (χ2n) is 3.97. The largest absolute Gasteiger partial charge is 0.355 e. The highest BCUT2D eigenvalue weighted by molar-refractivity contribution is 7.17. The van der Waals surface area contributed by atoms with E-state index in [0.29, 0.717) is 5.95 Å². The van der Waals surface area contributed by atoms with Crippen molar-refractivity contribution in [1.29, 1.82) is 0 Å². The van der Waals surface area contributed by atoms with Gasteiger partial charge in [-0.1, -0.05) is 18.2 Å². The van der Waals surface area contributed by atoms with E-state index >= 15 is 0 Å². The first-order valence-corrected chi connectivity index (χ1v) is 6.79. The van der Waals surface area contributed by atoms with E-state index in [4.69, 9.17) is 0 Å². The van der Waals surface area contributed by atoms with Crippen molar-refractivity contribution < 1.29 is 0 Å². The van der Waals surface area contributed by atoms with Crippen LogP contribution in [0.2, 0.25) is 0 Å². The van der Waals surface area contributed by atoms with Gasteiger partial charge in [-0.2, -0.15) is 0 Å². The number of rotatable bonds is 3. The van der Waals surface area contributed by atoms with E-state index in [0.717, 1.165) is 12.1 Å². The highest BCUT2D eigenvalue weighted by Crippen LogP contribution is 2.33. The van der Waals surface area contributed by atoms with Crippen LogP contribution in [0.5, 0.6) is 0 Å². The minimum Gasteiger partial charge on any atom is -0.355 e. The van der Waals surface area contributed by atoms with Crippen molar-refractivity contribution in [2.45, 2.75) is 6.92 Å². The fraction of sp³-hybridized carbons (Fsp3) is 0.143. The molecule has 0 aliphatic heterocycles. The lowest BCUT2D eigenvalue weighted by Gasteiger charge is -2.02. The van der Waals surface area contributed by atoms with Gasteiger partial charge in [0.25, 0.3) is 0 Å². The molecule has 0 aliphatic carbocycles. The third-order valence-electron chi connectivity index (χ3n) is 2.78. The van der Waals surface area contributed by atoms with E-state index in [9.17, 15) is 0 Å². The molecule has 0 fully saturated rings. The molecule has 2 heterocycles. The third-order valence-corrected chi connectivity index (χ3v) is 3.74. The molecule has 3 aromatic rings. The quantitative estimate of drug-likeness (QED) is 0.773. The standard InChI is InChI=1S/C14H13N3S/c1-2-15-14-16-7-10(8-17-14)12-9-18-13-6-4-3-5-11(12)13/h3-9H,2H2,1H3,(H,15,16,17). The number of benzene rings is 1. The Kier molecular flexibility index (Phi) is 2.94. The predicted molar refractivity (Wildman–Crippen MR) is 77.0 cm³/mol. The Morgan fingerprint density at radius 2 is 1.94 bits per heavy atom. The summed E-state index contributed by atoms with van der Waals surface area (Å²) < 4.78 is 1.29. The maximum atomic E-state index is 4.31. The second kappa shape index (κ2) is 4.74. The summed E-state index contributed by atoms with van der Waals surface area (Å²) in [6.07, 6.45) is 3.75. The molecule has 1 aromatic carbocycles. The zero-order chi connectivity index (χ0) is 12.4. The lowest BCUT2D eigenvalue weighted by molar-refractivity contribution is 1.09. The van der Waals surface area contributed by atoms with Crippen molar-refractivity contribution in [2.24, 2.45) is 0 Å². The second-order valence-corrected chi connectivity index (χ2v) is 4.88. The van der Waals surface area contributed by atoms with Crippen LogP contribution in [0.15, 0.2) is 42.0 Å². The first kappa shape index (κ1) is 11.2. The molecule has 0 aliphatic rings. The molecule has 0 radical (unpaired) electrons. The van der Waals surface area contributed by atoms with Crippen LogP contribution in [0.25, 0.3) is 21.2 Å². The van der Waals surface area contributed by atoms with Gasteiger partial charge in [0.2, 0.25) is 5.95 Å². The van der Waals surface area contributed by atoms with Gasteiger partial charge in [0.1, 0.15) is 0 Å². The molecule has 0 amide bonds. The maximum Gasteiger partial charge on any atom is 0.222 e. The Balaban J connectivity index is 2.03. The molecule has 0 spiro atoms. The molecular formula is C14H13N3S. The monoisotopic (exact) mass is 255 g/mol. The first-order valence-electron chi connectivity index (χ1n) is 5.91. The van der Waals surface area contributed by atoms with Gasteiger partial charge in [-0.25, -0.2) is 9.97 Å². The van der Waals surface area contributed by atoms with Crippen LogP contribution in [0, 0.1) is 0 Å². The summed E-state index contributed by atoms with van der Waals surface area (Å²) in [6.45, 7) is 2.87. The summed E-state index contributed by atoms with van der Waals surface area (Å²) in [5, 5.41) is 6.53. The van der Waals surface area contributed by atoms with E-state index in [2.05, 4.69) is 44.9 Å². The van der Waals surface area contributed by atoms with Gasteiger partial charge in [-0.05, 0) is 18.4 Å². The Hall–Kier alpha value is -1.94. The van der Waals surface area contributed by atoms with E-state index < -0.39 is 0 Å². The lowest BCUT2D eigenvalue weighted by Crippen LogP contribution is -2.01. The van der Waals surface area contributed by atoms with Crippen molar-refractivity contribution in [2.75, 3.05) is 11.9 Å². The Bertz CT molecular complexity index is 658. The van der Waals surface area contributed by atoms with Gasteiger partial charge in [-0.15, -0.1) is 11.3 Å². The number of anilines is 1. The molecule has 3 nitrogen and oxygen atoms in total. The highest BCUT2D eigenvalue weighted by atomic mass is 32.1. The highest BCUT2D eigenvalue weighted by Gasteiger charge is 2.06. The molecule has 0 saturated heterocycles. The lowest BCUT2D eigenvalue weighted by atomic mass is 10.1. The first-order chi connectivity index (χ1) is 8.88. The van der Waals surface area contributed by atoms with Crippen LogP contribution in [0.4, 0.5) is 5.95 Å². The molecule has 1 N–H and O–H groups in total. The average molecular weight is 255 g/mol. The molecular weight excluding hydrogens is 242 g/mol. The van der Waals surface area contributed by atoms with E-state index in [1.807, 2.05) is 19.3 Å². The molecule has 4 heteroatoms. The minimum absolute atomic E-state index is 0.681. The molecule has 0 atom stereocenters.